The molecule has 0 heterocycles. The van der Waals surface area contributed by atoms with Gasteiger partial charge in [0.15, 0.2) is 0 Å². The number of aryl methyl sites for hydroxylation is 1. The Hall–Kier alpha value is -1.59. The first-order chi connectivity index (χ1) is 11.5. The summed E-state index contributed by atoms with van der Waals surface area (Å²) in [5.74, 6) is 0.186. The van der Waals surface area contributed by atoms with Crippen molar-refractivity contribution in [3.8, 4) is 0 Å². The van der Waals surface area contributed by atoms with Crippen LogP contribution in [0.2, 0.25) is 0 Å². The molecule has 0 radical (unpaired) electrons. The van der Waals surface area contributed by atoms with Gasteiger partial charge in [0.1, 0.15) is 0 Å². The van der Waals surface area contributed by atoms with Crippen molar-refractivity contribution in [3.05, 3.63) is 35.4 Å². The molecule has 1 aromatic carbocycles. The summed E-state index contributed by atoms with van der Waals surface area (Å²) >= 11 is 0. The molecule has 0 aromatic heterocycles. The third kappa shape index (κ3) is 5.21. The molecule has 3 unspecified atom stereocenters. The molecule has 2 rings (SSSR count). The lowest BCUT2D eigenvalue weighted by Gasteiger charge is -2.31. The maximum absolute atomic E-state index is 12.3. The normalized spacial score (nSPS) is 22.2. The van der Waals surface area contributed by atoms with Crippen LogP contribution in [0.5, 0.6) is 0 Å². The number of amides is 2. The smallest absolute Gasteiger partial charge is 0.315 e. The standard InChI is InChI=1S/C19H31N3O2/c1-14-8-10-15(11-9-14)18(22(2)3)12-20-19(24)21-17-7-5-4-6-16(17)13-23/h8-11,16-18,23H,4-7,12-13H2,1-3H3,(H2,20,21,24). The number of carbonyl (C=O) groups is 1. The number of urea groups is 1. The fourth-order valence-electron chi connectivity index (χ4n) is 3.41. The van der Waals surface area contributed by atoms with Crippen LogP contribution in [0.1, 0.15) is 42.9 Å². The van der Waals surface area contributed by atoms with E-state index in [-0.39, 0.29) is 30.6 Å². The first-order valence-electron chi connectivity index (χ1n) is 8.89. The molecule has 0 spiro atoms. The van der Waals surface area contributed by atoms with Gasteiger partial charge in [-0.3, -0.25) is 0 Å². The minimum Gasteiger partial charge on any atom is -0.396 e. The highest BCUT2D eigenvalue weighted by atomic mass is 16.3. The van der Waals surface area contributed by atoms with E-state index in [0.29, 0.717) is 6.54 Å². The summed E-state index contributed by atoms with van der Waals surface area (Å²) in [6.45, 7) is 2.77. The highest BCUT2D eigenvalue weighted by Crippen LogP contribution is 2.24. The Bertz CT molecular complexity index is 516. The molecule has 2 amide bonds. The van der Waals surface area contributed by atoms with Gasteiger partial charge in [-0.15, -0.1) is 0 Å². The number of carbonyl (C=O) groups excluding carboxylic acids is 1. The fourth-order valence-corrected chi connectivity index (χ4v) is 3.41. The molecule has 0 bridgehead atoms. The van der Waals surface area contributed by atoms with Crippen LogP contribution in [-0.2, 0) is 0 Å². The van der Waals surface area contributed by atoms with Gasteiger partial charge in [0, 0.05) is 25.1 Å². The second-order valence-corrected chi connectivity index (χ2v) is 7.08. The van der Waals surface area contributed by atoms with E-state index in [4.69, 9.17) is 0 Å². The predicted octanol–water partition coefficient (Wildman–Crippen LogP) is 2.45. The van der Waals surface area contributed by atoms with E-state index in [2.05, 4.69) is 46.7 Å². The van der Waals surface area contributed by atoms with Crippen molar-refractivity contribution in [3.63, 3.8) is 0 Å². The zero-order valence-corrected chi connectivity index (χ0v) is 15.1. The Labute approximate surface area is 145 Å². The lowest BCUT2D eigenvalue weighted by molar-refractivity contribution is 0.153. The number of aliphatic hydroxyl groups excluding tert-OH is 1. The van der Waals surface area contributed by atoms with Gasteiger partial charge in [-0.2, -0.15) is 0 Å². The number of likely N-dealkylation sites (N-methyl/N-ethyl adjacent to an activating group) is 1. The maximum atomic E-state index is 12.3. The molecule has 24 heavy (non-hydrogen) atoms. The SMILES string of the molecule is Cc1ccc(C(CNC(=O)NC2CCCCC2CO)N(C)C)cc1. The minimum atomic E-state index is -0.140. The molecule has 1 aliphatic rings. The fraction of sp³-hybridized carbons (Fsp3) is 0.632. The first-order valence-corrected chi connectivity index (χ1v) is 8.89. The number of nitrogens with zero attached hydrogens (tertiary/aromatic N) is 1. The number of hydrogen-bond donors (Lipinski definition) is 3. The van der Waals surface area contributed by atoms with Gasteiger partial charge < -0.3 is 20.6 Å². The van der Waals surface area contributed by atoms with Crippen LogP contribution in [-0.4, -0.2) is 49.3 Å². The summed E-state index contributed by atoms with van der Waals surface area (Å²) in [5, 5.41) is 15.5. The van der Waals surface area contributed by atoms with Crippen molar-refractivity contribution in [1.29, 1.82) is 0 Å². The van der Waals surface area contributed by atoms with E-state index >= 15 is 0 Å². The van der Waals surface area contributed by atoms with Gasteiger partial charge in [-0.25, -0.2) is 4.79 Å². The molecule has 0 saturated heterocycles. The maximum Gasteiger partial charge on any atom is 0.315 e. The van der Waals surface area contributed by atoms with E-state index in [1.807, 2.05) is 14.1 Å². The average Bonchev–Trinajstić information content (AvgIpc) is 2.57. The molecule has 1 fully saturated rings. The summed E-state index contributed by atoms with van der Waals surface area (Å²) < 4.78 is 0. The van der Waals surface area contributed by atoms with Gasteiger partial charge in [-0.05, 0) is 39.4 Å². The van der Waals surface area contributed by atoms with Crippen molar-refractivity contribution in [1.82, 2.24) is 15.5 Å². The van der Waals surface area contributed by atoms with Gasteiger partial charge in [0.05, 0.1) is 6.04 Å². The highest BCUT2D eigenvalue weighted by Gasteiger charge is 2.26. The third-order valence-corrected chi connectivity index (χ3v) is 5.00. The van der Waals surface area contributed by atoms with Crippen molar-refractivity contribution in [2.45, 2.75) is 44.7 Å². The largest absolute Gasteiger partial charge is 0.396 e. The van der Waals surface area contributed by atoms with Crippen LogP contribution in [0.25, 0.3) is 0 Å². The highest BCUT2D eigenvalue weighted by molar-refractivity contribution is 5.74. The van der Waals surface area contributed by atoms with Gasteiger partial charge in [0.25, 0.3) is 0 Å². The molecule has 5 nitrogen and oxygen atoms in total. The topological polar surface area (TPSA) is 64.6 Å². The van der Waals surface area contributed by atoms with Gasteiger partial charge >= 0.3 is 6.03 Å². The van der Waals surface area contributed by atoms with E-state index in [1.165, 1.54) is 11.1 Å². The lowest BCUT2D eigenvalue weighted by atomic mass is 9.85. The molecular formula is C19H31N3O2. The van der Waals surface area contributed by atoms with Crippen LogP contribution in [0.4, 0.5) is 4.79 Å². The molecule has 0 aliphatic heterocycles. The zero-order chi connectivity index (χ0) is 17.5. The molecule has 3 atom stereocenters. The van der Waals surface area contributed by atoms with Gasteiger partial charge in [0.2, 0.25) is 0 Å². The number of hydrogen-bond acceptors (Lipinski definition) is 3. The second kappa shape index (κ2) is 9.04. The summed E-state index contributed by atoms with van der Waals surface area (Å²) in [5.41, 5.74) is 2.42. The molecule has 1 aliphatic carbocycles. The minimum absolute atomic E-state index is 0.0842. The third-order valence-electron chi connectivity index (χ3n) is 5.00. The van der Waals surface area contributed by atoms with Crippen molar-refractivity contribution >= 4 is 6.03 Å². The van der Waals surface area contributed by atoms with Crippen LogP contribution in [0.3, 0.4) is 0 Å². The van der Waals surface area contributed by atoms with Crippen LogP contribution < -0.4 is 10.6 Å². The van der Waals surface area contributed by atoms with Crippen LogP contribution in [0.15, 0.2) is 24.3 Å². The quantitative estimate of drug-likeness (QED) is 0.749. The summed E-state index contributed by atoms with van der Waals surface area (Å²) in [6, 6.07) is 8.50. The van der Waals surface area contributed by atoms with Crippen molar-refractivity contribution in [2.24, 2.45) is 5.92 Å². The van der Waals surface area contributed by atoms with E-state index in [0.717, 1.165) is 25.7 Å². The molecule has 5 heteroatoms. The summed E-state index contributed by atoms with van der Waals surface area (Å²) in [4.78, 5) is 14.4. The first kappa shape index (κ1) is 18.7. The Morgan fingerprint density at radius 1 is 1.25 bits per heavy atom. The van der Waals surface area contributed by atoms with Crippen LogP contribution in [0, 0.1) is 12.8 Å². The van der Waals surface area contributed by atoms with E-state index in [1.54, 1.807) is 0 Å². The Kier molecular flexibility index (Phi) is 7.06. The molecular weight excluding hydrogens is 302 g/mol. The van der Waals surface area contributed by atoms with E-state index < -0.39 is 0 Å². The van der Waals surface area contributed by atoms with Gasteiger partial charge in [-0.1, -0.05) is 42.7 Å². The Morgan fingerprint density at radius 2 is 1.92 bits per heavy atom. The number of nitrogens with one attached hydrogen (secondary N) is 2. The van der Waals surface area contributed by atoms with Crippen molar-refractivity contribution < 1.29 is 9.90 Å². The number of aliphatic hydroxyl groups is 1. The summed E-state index contributed by atoms with van der Waals surface area (Å²) in [6.07, 6.45) is 4.20. The van der Waals surface area contributed by atoms with E-state index in [9.17, 15) is 9.90 Å². The Morgan fingerprint density at radius 3 is 2.54 bits per heavy atom. The van der Waals surface area contributed by atoms with Crippen LogP contribution >= 0.6 is 0 Å². The second-order valence-electron chi connectivity index (χ2n) is 7.08. The molecule has 1 saturated carbocycles. The monoisotopic (exact) mass is 333 g/mol. The van der Waals surface area contributed by atoms with Crippen molar-refractivity contribution in [2.75, 3.05) is 27.2 Å². The lowest BCUT2D eigenvalue weighted by Crippen LogP contribution is -2.49. The Balaban J connectivity index is 1.89. The molecule has 1 aromatic rings. The number of rotatable bonds is 6. The average molecular weight is 333 g/mol. The summed E-state index contributed by atoms with van der Waals surface area (Å²) in [7, 11) is 4.04. The predicted molar refractivity (Wildman–Crippen MR) is 97.0 cm³/mol. The number of benzene rings is 1. The molecule has 3 N–H and O–H groups in total. The zero-order valence-electron chi connectivity index (χ0n) is 15.1. The molecule has 134 valence electrons.